The lowest BCUT2D eigenvalue weighted by Gasteiger charge is -2.33. The Morgan fingerprint density at radius 2 is 1.97 bits per heavy atom. The van der Waals surface area contributed by atoms with Crippen molar-refractivity contribution < 1.29 is 13.5 Å². The van der Waals surface area contributed by atoms with Gasteiger partial charge in [0.05, 0.1) is 29.7 Å². The van der Waals surface area contributed by atoms with Crippen LogP contribution in [0.2, 0.25) is 0 Å². The zero-order valence-corrected chi connectivity index (χ0v) is 16.7. The third kappa shape index (κ3) is 3.13. The molecule has 3 heterocycles. The smallest absolute Gasteiger partial charge is 0.144 e. The molecule has 2 aliphatic heterocycles. The molecule has 8 heteroatoms. The van der Waals surface area contributed by atoms with Crippen molar-refractivity contribution in [3.05, 3.63) is 59.3 Å². The number of fused-ring (bicyclic) bond motifs is 3. The van der Waals surface area contributed by atoms with Gasteiger partial charge in [0.1, 0.15) is 23.2 Å². The SMILES string of the molecule is Cc1n[nH]c2c1N=C(c1c(F)cccc1F)Nc1ccc(N3CCO[C@H](C)C3)cc1-2. The maximum Gasteiger partial charge on any atom is 0.144 e. The van der Waals surface area contributed by atoms with Crippen LogP contribution in [0.1, 0.15) is 18.2 Å². The summed E-state index contributed by atoms with van der Waals surface area (Å²) in [7, 11) is 0. The summed E-state index contributed by atoms with van der Waals surface area (Å²) < 4.78 is 34.6. The second-order valence-corrected chi connectivity index (χ2v) is 7.57. The van der Waals surface area contributed by atoms with Crippen molar-refractivity contribution in [1.29, 1.82) is 0 Å². The number of aliphatic imine (C=N–C) groups is 1. The van der Waals surface area contributed by atoms with Gasteiger partial charge in [-0.25, -0.2) is 13.8 Å². The van der Waals surface area contributed by atoms with Crippen LogP contribution in [0.4, 0.5) is 25.8 Å². The number of amidine groups is 1. The van der Waals surface area contributed by atoms with Gasteiger partial charge in [-0.2, -0.15) is 5.10 Å². The van der Waals surface area contributed by atoms with Crippen LogP contribution in [0.25, 0.3) is 11.3 Å². The van der Waals surface area contributed by atoms with Gasteiger partial charge in [0.25, 0.3) is 0 Å². The van der Waals surface area contributed by atoms with Crippen LogP contribution in [0.15, 0.2) is 41.4 Å². The first-order valence-corrected chi connectivity index (χ1v) is 9.87. The van der Waals surface area contributed by atoms with Crippen molar-refractivity contribution in [3.8, 4) is 11.3 Å². The van der Waals surface area contributed by atoms with Gasteiger partial charge < -0.3 is 15.0 Å². The van der Waals surface area contributed by atoms with E-state index in [1.165, 1.54) is 18.2 Å². The molecule has 2 aliphatic rings. The molecular formula is C22H21F2N5O. The van der Waals surface area contributed by atoms with E-state index in [1.54, 1.807) is 0 Å². The van der Waals surface area contributed by atoms with Crippen molar-refractivity contribution in [2.24, 2.45) is 4.99 Å². The van der Waals surface area contributed by atoms with Crippen molar-refractivity contribution >= 4 is 22.9 Å². The van der Waals surface area contributed by atoms with E-state index in [2.05, 4.69) is 32.3 Å². The first-order chi connectivity index (χ1) is 14.5. The van der Waals surface area contributed by atoms with Crippen LogP contribution in [-0.4, -0.2) is 41.8 Å². The van der Waals surface area contributed by atoms with E-state index < -0.39 is 11.6 Å². The molecule has 3 aromatic rings. The molecule has 2 N–H and O–H groups in total. The van der Waals surface area contributed by atoms with Gasteiger partial charge in [-0.05, 0) is 44.2 Å². The van der Waals surface area contributed by atoms with Crippen LogP contribution in [-0.2, 0) is 4.74 Å². The van der Waals surface area contributed by atoms with Gasteiger partial charge in [0.15, 0.2) is 0 Å². The highest BCUT2D eigenvalue weighted by atomic mass is 19.1. The summed E-state index contributed by atoms with van der Waals surface area (Å²) in [5, 5.41) is 10.5. The summed E-state index contributed by atoms with van der Waals surface area (Å²) in [5.41, 5.74) is 4.32. The van der Waals surface area contributed by atoms with E-state index in [4.69, 9.17) is 4.74 Å². The molecule has 0 bridgehead atoms. The largest absolute Gasteiger partial charge is 0.375 e. The standard InChI is InChI=1S/C22H21F2N5O/c1-12-11-29(8-9-30-12)14-6-7-18-15(10-14)21-20(13(2)27-28-21)26-22(25-18)19-16(23)4-3-5-17(19)24/h3-7,10,12H,8-9,11H2,1-2H3,(H,25,26)(H,27,28)/t12-/m1/s1. The van der Waals surface area contributed by atoms with E-state index in [0.717, 1.165) is 24.3 Å². The summed E-state index contributed by atoms with van der Waals surface area (Å²) >= 11 is 0. The average Bonchev–Trinajstić information content (AvgIpc) is 2.99. The molecule has 0 spiro atoms. The summed E-state index contributed by atoms with van der Waals surface area (Å²) in [6, 6.07) is 9.73. The van der Waals surface area contributed by atoms with Gasteiger partial charge in [-0.3, -0.25) is 5.10 Å². The molecule has 0 saturated carbocycles. The van der Waals surface area contributed by atoms with Crippen LogP contribution < -0.4 is 10.2 Å². The highest BCUT2D eigenvalue weighted by molar-refractivity contribution is 6.13. The zero-order chi connectivity index (χ0) is 20.8. The minimum absolute atomic E-state index is 0.114. The van der Waals surface area contributed by atoms with Crippen LogP contribution in [0.5, 0.6) is 0 Å². The quantitative estimate of drug-likeness (QED) is 0.659. The number of nitrogens with zero attached hydrogens (tertiary/aromatic N) is 3. The topological polar surface area (TPSA) is 65.5 Å². The molecule has 30 heavy (non-hydrogen) atoms. The number of hydrogen-bond donors (Lipinski definition) is 2. The molecule has 5 rings (SSSR count). The fraction of sp³-hybridized carbons (Fsp3) is 0.273. The minimum Gasteiger partial charge on any atom is -0.375 e. The zero-order valence-electron chi connectivity index (χ0n) is 16.7. The molecule has 0 radical (unpaired) electrons. The summed E-state index contributed by atoms with van der Waals surface area (Å²) in [4.78, 5) is 6.82. The highest BCUT2D eigenvalue weighted by Gasteiger charge is 2.25. The second kappa shape index (κ2) is 7.21. The van der Waals surface area contributed by atoms with Crippen molar-refractivity contribution in [2.75, 3.05) is 29.9 Å². The molecule has 1 aromatic heterocycles. The number of morpholine rings is 1. The molecule has 0 amide bonds. The van der Waals surface area contributed by atoms with Crippen LogP contribution >= 0.6 is 0 Å². The van der Waals surface area contributed by atoms with Gasteiger partial charge >= 0.3 is 0 Å². The second-order valence-electron chi connectivity index (χ2n) is 7.57. The number of aromatic amines is 1. The average molecular weight is 409 g/mol. The Balaban J connectivity index is 1.64. The molecule has 2 aromatic carbocycles. The Hall–Kier alpha value is -3.26. The van der Waals surface area contributed by atoms with E-state index >= 15 is 0 Å². The third-order valence-corrected chi connectivity index (χ3v) is 5.47. The van der Waals surface area contributed by atoms with Gasteiger partial charge in [0, 0.05) is 30.0 Å². The maximum absolute atomic E-state index is 14.5. The number of aryl methyl sites for hydroxylation is 1. The van der Waals surface area contributed by atoms with Crippen LogP contribution in [0, 0.1) is 18.6 Å². The lowest BCUT2D eigenvalue weighted by Crippen LogP contribution is -2.41. The molecule has 1 fully saturated rings. The van der Waals surface area contributed by atoms with E-state index in [-0.39, 0.29) is 17.5 Å². The molecule has 0 unspecified atom stereocenters. The lowest BCUT2D eigenvalue weighted by atomic mass is 10.1. The highest BCUT2D eigenvalue weighted by Crippen LogP contribution is 2.41. The van der Waals surface area contributed by atoms with Gasteiger partial charge in [0.2, 0.25) is 0 Å². The normalized spacial score (nSPS) is 18.2. The number of hydrogen-bond acceptors (Lipinski definition) is 5. The fourth-order valence-electron chi connectivity index (χ4n) is 3.96. The number of ether oxygens (including phenoxy) is 1. The molecular weight excluding hydrogens is 388 g/mol. The van der Waals surface area contributed by atoms with E-state index in [9.17, 15) is 8.78 Å². The number of halogens is 2. The Labute approximate surface area is 172 Å². The number of anilines is 2. The number of H-pyrrole nitrogens is 1. The first kappa shape index (κ1) is 18.7. The van der Waals surface area contributed by atoms with Gasteiger partial charge in [-0.15, -0.1) is 0 Å². The molecule has 0 aliphatic carbocycles. The number of aromatic nitrogens is 2. The molecule has 6 nitrogen and oxygen atoms in total. The number of rotatable bonds is 2. The first-order valence-electron chi connectivity index (χ1n) is 9.87. The number of benzene rings is 2. The fourth-order valence-corrected chi connectivity index (χ4v) is 3.96. The Morgan fingerprint density at radius 1 is 1.17 bits per heavy atom. The molecule has 1 atom stereocenters. The van der Waals surface area contributed by atoms with Crippen LogP contribution in [0.3, 0.4) is 0 Å². The third-order valence-electron chi connectivity index (χ3n) is 5.47. The lowest BCUT2D eigenvalue weighted by molar-refractivity contribution is 0.0532. The molecule has 1 saturated heterocycles. The Bertz CT molecular complexity index is 1140. The molecule has 154 valence electrons. The van der Waals surface area contributed by atoms with E-state index in [1.807, 2.05) is 25.1 Å². The Morgan fingerprint density at radius 3 is 2.73 bits per heavy atom. The minimum atomic E-state index is -0.675. The predicted octanol–water partition coefficient (Wildman–Crippen LogP) is 4.39. The van der Waals surface area contributed by atoms with Crippen molar-refractivity contribution in [3.63, 3.8) is 0 Å². The summed E-state index contributed by atoms with van der Waals surface area (Å²) in [6.07, 6.45) is 0.152. The van der Waals surface area contributed by atoms with Crippen molar-refractivity contribution in [1.82, 2.24) is 10.2 Å². The predicted molar refractivity (Wildman–Crippen MR) is 113 cm³/mol. The summed E-state index contributed by atoms with van der Waals surface area (Å²) in [5.74, 6) is -1.24. The monoisotopic (exact) mass is 409 g/mol. The summed E-state index contributed by atoms with van der Waals surface area (Å²) in [6.45, 7) is 6.13. The van der Waals surface area contributed by atoms with Gasteiger partial charge in [-0.1, -0.05) is 6.07 Å². The van der Waals surface area contributed by atoms with Crippen molar-refractivity contribution in [2.45, 2.75) is 20.0 Å². The maximum atomic E-state index is 14.5. The number of nitrogens with one attached hydrogen (secondary N) is 2. The Kier molecular flexibility index (Phi) is 4.51. The van der Waals surface area contributed by atoms with E-state index in [0.29, 0.717) is 29.4 Å².